The maximum absolute atomic E-state index is 12.9. The molecule has 0 radical (unpaired) electrons. The van der Waals surface area contributed by atoms with Gasteiger partial charge in [0.15, 0.2) is 0 Å². The first-order valence-electron chi connectivity index (χ1n) is 9.30. The maximum Gasteiger partial charge on any atom is 0.342 e. The van der Waals surface area contributed by atoms with Crippen LogP contribution in [-0.4, -0.2) is 47.8 Å². The predicted molar refractivity (Wildman–Crippen MR) is 101 cm³/mol. The standard InChI is InChI=1S/C20H23ClN2O4/c1-23-11-16(19(22-23)15-4-2-3-5-17(15)21)20(24)27-14-7-9-26-18(10-14)13-6-8-25-12-13/h2-5,11,13-14,18H,6-10,12H2,1H3. The van der Waals surface area contributed by atoms with E-state index < -0.39 is 0 Å². The highest BCUT2D eigenvalue weighted by Crippen LogP contribution is 2.31. The molecule has 4 rings (SSSR count). The summed E-state index contributed by atoms with van der Waals surface area (Å²) in [5.74, 6) is 0.0231. The van der Waals surface area contributed by atoms with Gasteiger partial charge in [-0.2, -0.15) is 5.10 Å². The fourth-order valence-corrected chi connectivity index (χ4v) is 4.01. The zero-order valence-corrected chi connectivity index (χ0v) is 16.0. The van der Waals surface area contributed by atoms with Crippen molar-refractivity contribution in [2.75, 3.05) is 19.8 Å². The molecule has 0 bridgehead atoms. The Morgan fingerprint density at radius 1 is 1.30 bits per heavy atom. The van der Waals surface area contributed by atoms with Gasteiger partial charge in [-0.1, -0.05) is 29.8 Å². The van der Waals surface area contributed by atoms with Crippen molar-refractivity contribution in [3.63, 3.8) is 0 Å². The number of carbonyl (C=O) groups is 1. The SMILES string of the molecule is Cn1cc(C(=O)OC2CCOC(C3CCOC3)C2)c(-c2ccccc2Cl)n1. The number of hydrogen-bond donors (Lipinski definition) is 0. The van der Waals surface area contributed by atoms with Crippen LogP contribution in [0.4, 0.5) is 0 Å². The lowest BCUT2D eigenvalue weighted by Crippen LogP contribution is -2.37. The number of halogens is 1. The third-order valence-corrected chi connectivity index (χ3v) is 5.54. The van der Waals surface area contributed by atoms with Crippen molar-refractivity contribution in [3.05, 3.63) is 41.0 Å². The van der Waals surface area contributed by atoms with Gasteiger partial charge in [0.2, 0.25) is 0 Å². The summed E-state index contributed by atoms with van der Waals surface area (Å²) in [5, 5.41) is 4.98. The topological polar surface area (TPSA) is 62.6 Å². The van der Waals surface area contributed by atoms with E-state index in [4.69, 9.17) is 25.8 Å². The van der Waals surface area contributed by atoms with Gasteiger partial charge in [0.25, 0.3) is 0 Å². The Bertz CT molecular complexity index is 816. The highest BCUT2D eigenvalue weighted by atomic mass is 35.5. The van der Waals surface area contributed by atoms with Crippen molar-refractivity contribution in [2.24, 2.45) is 13.0 Å². The largest absolute Gasteiger partial charge is 0.458 e. The molecule has 0 amide bonds. The summed E-state index contributed by atoms with van der Waals surface area (Å²) in [6, 6.07) is 7.36. The monoisotopic (exact) mass is 390 g/mol. The Kier molecular flexibility index (Phi) is 5.48. The summed E-state index contributed by atoms with van der Waals surface area (Å²) in [6.45, 7) is 2.11. The highest BCUT2D eigenvalue weighted by molar-refractivity contribution is 6.33. The molecule has 3 atom stereocenters. The molecule has 144 valence electrons. The van der Waals surface area contributed by atoms with E-state index in [1.54, 1.807) is 24.0 Å². The van der Waals surface area contributed by atoms with E-state index in [-0.39, 0.29) is 18.2 Å². The van der Waals surface area contributed by atoms with E-state index in [2.05, 4.69) is 5.10 Å². The van der Waals surface area contributed by atoms with Crippen LogP contribution in [0.3, 0.4) is 0 Å². The van der Waals surface area contributed by atoms with E-state index in [0.29, 0.717) is 41.6 Å². The minimum Gasteiger partial charge on any atom is -0.458 e. The summed E-state index contributed by atoms with van der Waals surface area (Å²) >= 11 is 6.30. The molecular weight excluding hydrogens is 368 g/mol. The highest BCUT2D eigenvalue weighted by Gasteiger charge is 2.34. The lowest BCUT2D eigenvalue weighted by molar-refractivity contribution is -0.0767. The van der Waals surface area contributed by atoms with Crippen molar-refractivity contribution in [2.45, 2.75) is 31.5 Å². The van der Waals surface area contributed by atoms with Gasteiger partial charge >= 0.3 is 5.97 Å². The molecule has 0 saturated carbocycles. The smallest absolute Gasteiger partial charge is 0.342 e. The molecule has 27 heavy (non-hydrogen) atoms. The van der Waals surface area contributed by atoms with E-state index in [0.717, 1.165) is 25.2 Å². The Hall–Kier alpha value is -1.89. The van der Waals surface area contributed by atoms with Crippen LogP contribution in [0, 0.1) is 5.92 Å². The average molecular weight is 391 g/mol. The van der Waals surface area contributed by atoms with Crippen LogP contribution in [0.1, 0.15) is 29.6 Å². The number of nitrogens with zero attached hydrogens (tertiary/aromatic N) is 2. The summed E-state index contributed by atoms with van der Waals surface area (Å²) in [5.41, 5.74) is 1.69. The molecule has 2 fully saturated rings. The third kappa shape index (κ3) is 4.03. The van der Waals surface area contributed by atoms with Crippen molar-refractivity contribution in [1.29, 1.82) is 0 Å². The quantitative estimate of drug-likeness (QED) is 0.748. The van der Waals surface area contributed by atoms with Gasteiger partial charge in [0.1, 0.15) is 17.4 Å². The van der Waals surface area contributed by atoms with Crippen molar-refractivity contribution in [1.82, 2.24) is 9.78 Å². The maximum atomic E-state index is 12.9. The fraction of sp³-hybridized carbons (Fsp3) is 0.500. The normalized spacial score (nSPS) is 25.5. The zero-order chi connectivity index (χ0) is 18.8. The summed E-state index contributed by atoms with van der Waals surface area (Å²) in [7, 11) is 1.78. The second kappa shape index (κ2) is 8.00. The van der Waals surface area contributed by atoms with Crippen LogP contribution in [0.15, 0.2) is 30.5 Å². The van der Waals surface area contributed by atoms with Gasteiger partial charge < -0.3 is 14.2 Å². The molecule has 1 aromatic carbocycles. The molecule has 1 aromatic heterocycles. The van der Waals surface area contributed by atoms with Crippen LogP contribution in [0.25, 0.3) is 11.3 Å². The number of carbonyl (C=O) groups excluding carboxylic acids is 1. The number of aromatic nitrogens is 2. The lowest BCUT2D eigenvalue weighted by atomic mass is 9.93. The van der Waals surface area contributed by atoms with Crippen LogP contribution in [0.5, 0.6) is 0 Å². The predicted octanol–water partition coefficient (Wildman–Crippen LogP) is 3.48. The number of rotatable bonds is 4. The van der Waals surface area contributed by atoms with Crippen molar-refractivity contribution in [3.8, 4) is 11.3 Å². The summed E-state index contributed by atoms with van der Waals surface area (Å²) < 4.78 is 18.8. The number of hydrogen-bond acceptors (Lipinski definition) is 5. The average Bonchev–Trinajstić information content (AvgIpc) is 3.32. The first-order chi connectivity index (χ1) is 13.1. The molecular formula is C20H23ClN2O4. The van der Waals surface area contributed by atoms with E-state index in [9.17, 15) is 4.79 Å². The summed E-state index contributed by atoms with van der Waals surface area (Å²) in [6.07, 6.45) is 4.04. The Labute approximate surface area is 163 Å². The minimum absolute atomic E-state index is 0.0935. The number of aryl methyl sites for hydroxylation is 1. The van der Waals surface area contributed by atoms with Crippen LogP contribution in [-0.2, 0) is 21.3 Å². The first kappa shape index (κ1) is 18.5. The van der Waals surface area contributed by atoms with Crippen LogP contribution in [0.2, 0.25) is 5.02 Å². The Morgan fingerprint density at radius 2 is 2.15 bits per heavy atom. The molecule has 2 aromatic rings. The molecule has 6 nitrogen and oxygen atoms in total. The van der Waals surface area contributed by atoms with Crippen molar-refractivity contribution >= 4 is 17.6 Å². The molecule has 7 heteroatoms. The summed E-state index contributed by atoms with van der Waals surface area (Å²) in [4.78, 5) is 12.9. The lowest BCUT2D eigenvalue weighted by Gasteiger charge is -2.32. The minimum atomic E-state index is -0.369. The first-order valence-corrected chi connectivity index (χ1v) is 9.68. The van der Waals surface area contributed by atoms with Gasteiger partial charge in [-0.25, -0.2) is 4.79 Å². The van der Waals surface area contributed by atoms with Gasteiger partial charge in [-0.05, 0) is 12.5 Å². The Balaban J connectivity index is 1.49. The van der Waals surface area contributed by atoms with E-state index in [1.807, 2.05) is 18.2 Å². The fourth-order valence-electron chi connectivity index (χ4n) is 3.78. The van der Waals surface area contributed by atoms with Gasteiger partial charge in [0, 0.05) is 44.2 Å². The van der Waals surface area contributed by atoms with Gasteiger partial charge in [-0.3, -0.25) is 4.68 Å². The number of ether oxygens (including phenoxy) is 3. The zero-order valence-electron chi connectivity index (χ0n) is 15.3. The molecule has 2 aliphatic heterocycles. The van der Waals surface area contributed by atoms with Crippen LogP contribution >= 0.6 is 11.6 Å². The molecule has 0 N–H and O–H groups in total. The second-order valence-corrected chi connectivity index (χ2v) is 7.54. The molecule has 3 unspecified atom stereocenters. The third-order valence-electron chi connectivity index (χ3n) is 5.21. The molecule has 2 saturated heterocycles. The molecule has 0 spiro atoms. The Morgan fingerprint density at radius 3 is 2.93 bits per heavy atom. The van der Waals surface area contributed by atoms with E-state index in [1.165, 1.54) is 0 Å². The van der Waals surface area contributed by atoms with E-state index >= 15 is 0 Å². The molecule has 0 aliphatic carbocycles. The van der Waals surface area contributed by atoms with Gasteiger partial charge in [-0.15, -0.1) is 0 Å². The van der Waals surface area contributed by atoms with Crippen LogP contribution < -0.4 is 0 Å². The number of benzene rings is 1. The molecule has 2 aliphatic rings. The van der Waals surface area contributed by atoms with Crippen molar-refractivity contribution < 1.29 is 19.0 Å². The number of esters is 1. The molecule has 3 heterocycles. The second-order valence-electron chi connectivity index (χ2n) is 7.13. The van der Waals surface area contributed by atoms with Gasteiger partial charge in [0.05, 0.1) is 24.3 Å².